The van der Waals surface area contributed by atoms with Crippen LogP contribution in [0.3, 0.4) is 0 Å². The van der Waals surface area contributed by atoms with Crippen molar-refractivity contribution in [3.05, 3.63) is 71.5 Å². The van der Waals surface area contributed by atoms with Crippen LogP contribution in [0.5, 0.6) is 0 Å². The fourth-order valence-electron chi connectivity index (χ4n) is 13.7. The number of ether oxygens (including phenoxy) is 24. The quantitative estimate of drug-likeness (QED) is 0.0163. The van der Waals surface area contributed by atoms with Crippen molar-refractivity contribution in [2.75, 3.05) is 362 Å². The van der Waals surface area contributed by atoms with Gasteiger partial charge in [-0.05, 0) is 102 Å². The molecule has 0 unspecified atom stereocenters. The number of benzene rings is 2. The lowest BCUT2D eigenvalue weighted by Gasteiger charge is -2.27. The molecule has 0 spiro atoms. The summed E-state index contributed by atoms with van der Waals surface area (Å²) in [5, 5.41) is 17.8. The lowest BCUT2D eigenvalue weighted by molar-refractivity contribution is -0.894. The Morgan fingerprint density at radius 3 is 1.15 bits per heavy atom. The molecule has 0 aliphatic carbocycles. The van der Waals surface area contributed by atoms with Gasteiger partial charge in [0.25, 0.3) is 11.8 Å². The Kier molecular flexibility index (Phi) is 74.2. The van der Waals surface area contributed by atoms with Crippen LogP contribution in [-0.4, -0.2) is 409 Å². The largest absolute Gasteiger partial charge is 0.744 e. The van der Waals surface area contributed by atoms with E-state index in [0.717, 1.165) is 46.8 Å². The summed E-state index contributed by atoms with van der Waals surface area (Å²) in [4.78, 5) is 58.5. The van der Waals surface area contributed by atoms with Gasteiger partial charge in [-0.15, -0.1) is 5.06 Å². The summed E-state index contributed by atoms with van der Waals surface area (Å²) in [6.45, 7) is 42.0. The molecule has 0 aromatic heterocycles. The third-order valence-corrected chi connectivity index (χ3v) is 22.5. The predicted octanol–water partition coefficient (Wildman–Crippen LogP) is 5.24. The standard InChI is InChI=1S/C88H146N4O35S2.C6H15N/c1-87(2)77-73-75(128-127-126-97)17-19-79(77)90(25-11-7-9-16-86(96)125-92-84(94)21-22-85(92)95)81(87)13-12-14-82-88(3,4)78-74-76(129(98,99)100)18-20-80(78)91(82)24-10-6-8-15-83(93)89-23-26-102-29-30-104-33-34-106-37-38-108-41-42-110-45-46-112-49-50-114-53-54-116-57-58-118-61-62-120-65-66-122-69-70-124-72-71-123-68-67-121-64-63-119-60-59-117-56-55-115-52-51-113-48-47-111-44-43-109-40-39-107-36-35-105-32-31-103-28-27-101-5;1-4-7(5-2)6-3/h12-14,17-20,73-74H,6-11,15-16,21-72H2,1-5H3,(H2-,89,93,97,98,99,100);4-6H2,1-3H3. The maximum absolute atomic E-state index is 12.8. The van der Waals surface area contributed by atoms with Crippen LogP contribution in [-0.2, 0) is 168 Å². The third kappa shape index (κ3) is 58.3. The Bertz CT molecular complexity index is 3550. The van der Waals surface area contributed by atoms with E-state index in [4.69, 9.17) is 119 Å². The Labute approximate surface area is 810 Å². The molecule has 0 bridgehead atoms. The van der Waals surface area contributed by atoms with Crippen molar-refractivity contribution in [3.63, 3.8) is 0 Å². The van der Waals surface area contributed by atoms with Crippen LogP contribution in [0.25, 0.3) is 0 Å². The summed E-state index contributed by atoms with van der Waals surface area (Å²) in [7, 11) is -3.11. The second kappa shape index (κ2) is 82.1. The average molecular weight is 1990 g/mol. The van der Waals surface area contributed by atoms with Crippen molar-refractivity contribution in [1.29, 1.82) is 0 Å². The van der Waals surface area contributed by atoms with Crippen LogP contribution in [0.15, 0.2) is 70.1 Å². The van der Waals surface area contributed by atoms with Crippen LogP contribution in [0.2, 0.25) is 0 Å². The summed E-state index contributed by atoms with van der Waals surface area (Å²) in [5.41, 5.74) is 3.95. The number of rotatable bonds is 94. The monoisotopic (exact) mass is 1980 g/mol. The van der Waals surface area contributed by atoms with Crippen LogP contribution >= 0.6 is 12.0 Å². The first-order chi connectivity index (χ1) is 66.3. The summed E-state index contributed by atoms with van der Waals surface area (Å²) in [5.74, 6) is -1.80. The lowest BCUT2D eigenvalue weighted by Crippen LogP contribution is -3.11. The number of amides is 3. The summed E-state index contributed by atoms with van der Waals surface area (Å²) in [6, 6.07) is 10.2. The molecule has 1 fully saturated rings. The van der Waals surface area contributed by atoms with Crippen LogP contribution < -0.4 is 20.4 Å². The first-order valence-corrected chi connectivity index (χ1v) is 50.1. The fraction of sp³-hybridized carbons (Fsp3) is 0.777. The minimum Gasteiger partial charge on any atom is -0.744 e. The third-order valence-electron chi connectivity index (χ3n) is 21.1. The van der Waals surface area contributed by atoms with Gasteiger partial charge in [-0.25, -0.2) is 13.2 Å². The van der Waals surface area contributed by atoms with Crippen molar-refractivity contribution in [2.24, 2.45) is 0 Å². The van der Waals surface area contributed by atoms with Gasteiger partial charge in [-0.3, -0.25) is 19.4 Å². The zero-order valence-corrected chi connectivity index (χ0v) is 83.8. The highest BCUT2D eigenvalue weighted by atomic mass is 32.2. The number of hydroxylamine groups is 2. The average Bonchev–Trinajstić information content (AvgIpc) is 1.59. The van der Waals surface area contributed by atoms with Gasteiger partial charge < -0.3 is 143 Å². The molecule has 2 aromatic rings. The number of quaternary nitrogens is 1. The number of hydrogen-bond donors (Lipinski definition) is 2. The van der Waals surface area contributed by atoms with Crippen molar-refractivity contribution in [2.45, 2.75) is 133 Å². The van der Waals surface area contributed by atoms with E-state index in [1.807, 2.05) is 50.3 Å². The highest BCUT2D eigenvalue weighted by Crippen LogP contribution is 2.49. The SMILES string of the molecule is CC[NH+](CC)CC.COCCOCCOCCOCCOCCOCCOCCOCCOCCOCCOCCOCCOCCOCCOCCOCCOCCOCCOCCOCCOCCOCCOCCOCCNC(=O)CCCCCN1C(=CC=CC2=[N+](CCCCCC(=O)ON3C(=O)CCC3=O)c3ccc(SOO[O-])cc3C2(C)C)C(C)(C)c2cc(S(=O)(=O)[O-])ccc21. The van der Waals surface area contributed by atoms with Gasteiger partial charge in [0.2, 0.25) is 11.6 Å². The molecule has 42 heteroatoms. The van der Waals surface area contributed by atoms with E-state index in [9.17, 15) is 37.4 Å². The Hall–Kier alpha value is -5.39. The van der Waals surface area contributed by atoms with Gasteiger partial charge in [-0.1, -0.05) is 26.3 Å². The number of nitrogens with one attached hydrogen (secondary N) is 2. The molecule has 2 aromatic carbocycles. The molecule has 2 N–H and O–H groups in total. The second-order valence-electron chi connectivity index (χ2n) is 31.8. The number of fused-ring (bicyclic) bond motifs is 2. The van der Waals surface area contributed by atoms with E-state index in [1.54, 1.807) is 18.1 Å². The molecular weight excluding hydrogens is 1820 g/mol. The number of allylic oxidation sites excluding steroid dienone is 4. The van der Waals surface area contributed by atoms with E-state index in [0.29, 0.717) is 384 Å². The van der Waals surface area contributed by atoms with E-state index in [-0.39, 0.29) is 30.1 Å². The lowest BCUT2D eigenvalue weighted by atomic mass is 9.81. The van der Waals surface area contributed by atoms with Crippen molar-refractivity contribution in [3.8, 4) is 0 Å². The van der Waals surface area contributed by atoms with Gasteiger partial charge >= 0.3 is 5.97 Å². The Morgan fingerprint density at radius 2 is 0.801 bits per heavy atom. The number of unbranched alkanes of at least 4 members (excludes halogenated alkanes) is 4. The molecule has 3 amide bonds. The van der Waals surface area contributed by atoms with Crippen molar-refractivity contribution >= 4 is 62.9 Å². The Balaban J connectivity index is 0.00000529. The Morgan fingerprint density at radius 1 is 0.449 bits per heavy atom. The molecule has 5 rings (SSSR count). The second-order valence-corrected chi connectivity index (χ2v) is 33.9. The number of nitrogens with zero attached hydrogens (tertiary/aromatic N) is 3. The van der Waals surface area contributed by atoms with Gasteiger partial charge in [0.15, 0.2) is 5.71 Å². The zero-order chi connectivity index (χ0) is 98.2. The molecule has 40 nitrogen and oxygen atoms in total. The smallest absolute Gasteiger partial charge is 0.333 e. The van der Waals surface area contributed by atoms with Crippen molar-refractivity contribution in [1.82, 2.24) is 10.4 Å². The number of anilines is 1. The molecule has 1 saturated heterocycles. The number of carbonyl (C=O) groups excluding carboxylic acids is 4. The van der Waals surface area contributed by atoms with Crippen LogP contribution in [0.4, 0.5) is 11.4 Å². The molecule has 3 heterocycles. The first-order valence-electron chi connectivity index (χ1n) is 48.0. The highest BCUT2D eigenvalue weighted by Gasteiger charge is 2.45. The van der Waals surface area contributed by atoms with E-state index in [1.165, 1.54) is 31.8 Å². The van der Waals surface area contributed by atoms with Crippen LogP contribution in [0.1, 0.15) is 124 Å². The first kappa shape index (κ1) is 123. The number of carbonyl (C=O) groups is 4. The van der Waals surface area contributed by atoms with Gasteiger partial charge in [0.05, 0.1) is 353 Å². The normalized spacial score (nSPS) is 14.4. The molecule has 0 saturated carbocycles. The van der Waals surface area contributed by atoms with Crippen molar-refractivity contribution < 1.29 is 175 Å². The fourth-order valence-corrected chi connectivity index (χ4v) is 14.6. The van der Waals surface area contributed by atoms with Gasteiger partial charge in [-0.2, -0.15) is 8.91 Å². The molecule has 3 aliphatic rings. The maximum Gasteiger partial charge on any atom is 0.333 e. The summed E-state index contributed by atoms with van der Waals surface area (Å²) >= 11 is 0.797. The van der Waals surface area contributed by atoms with E-state index in [2.05, 4.69) is 58.8 Å². The highest BCUT2D eigenvalue weighted by molar-refractivity contribution is 7.94. The molecule has 0 radical (unpaired) electrons. The topological polar surface area (TPSA) is 424 Å². The van der Waals surface area contributed by atoms with E-state index < -0.39 is 38.7 Å². The minimum absolute atomic E-state index is 0.0140. The molecule has 136 heavy (non-hydrogen) atoms. The van der Waals surface area contributed by atoms with Gasteiger partial charge in [0, 0.05) is 91.7 Å². The predicted molar refractivity (Wildman–Crippen MR) is 500 cm³/mol. The molecule has 0 atom stereocenters. The number of imide groups is 1. The summed E-state index contributed by atoms with van der Waals surface area (Å²) in [6.07, 6.45) is 10.2. The van der Waals surface area contributed by atoms with Gasteiger partial charge in [0.1, 0.15) is 16.7 Å². The number of methoxy groups -OCH3 is 1. The van der Waals surface area contributed by atoms with Crippen LogP contribution in [0, 0.1) is 0 Å². The molecular formula is C94H161N5O35S2. The maximum atomic E-state index is 12.8. The van der Waals surface area contributed by atoms with E-state index >= 15 is 0 Å². The number of hydrogen-bond acceptors (Lipinski definition) is 37. The minimum atomic E-state index is -4.75. The molecule has 3 aliphatic heterocycles. The molecule has 784 valence electrons. The zero-order valence-electron chi connectivity index (χ0n) is 82.2. The summed E-state index contributed by atoms with van der Waals surface area (Å²) < 4.78 is 176.